The normalized spacial score (nSPS) is 18.9. The van der Waals surface area contributed by atoms with E-state index in [1.54, 1.807) is 0 Å². The van der Waals surface area contributed by atoms with E-state index >= 15 is 0 Å². The molecule has 0 atom stereocenters. The Kier molecular flexibility index (Phi) is 8.56. The average Bonchev–Trinajstić information content (AvgIpc) is 2.04. The van der Waals surface area contributed by atoms with Crippen molar-refractivity contribution in [3.63, 3.8) is 0 Å². The van der Waals surface area contributed by atoms with Gasteiger partial charge in [-0.2, -0.15) is 0 Å². The Balaban J connectivity index is 0.00000169. The summed E-state index contributed by atoms with van der Waals surface area (Å²) < 4.78 is 30.8. The summed E-state index contributed by atoms with van der Waals surface area (Å²) >= 11 is 0. The van der Waals surface area contributed by atoms with E-state index < -0.39 is 10.1 Å². The minimum absolute atomic E-state index is 0. The smallest absolute Gasteiger partial charge is 0.748 e. The molecule has 0 unspecified atom stereocenters. The molecule has 1 fully saturated rings. The van der Waals surface area contributed by atoms with E-state index in [9.17, 15) is 13.0 Å². The van der Waals surface area contributed by atoms with Gasteiger partial charge in [-0.1, -0.05) is 19.3 Å². The Morgan fingerprint density at radius 3 is 2.29 bits per heavy atom. The maximum absolute atomic E-state index is 10.3. The van der Waals surface area contributed by atoms with Crippen molar-refractivity contribution in [3.05, 3.63) is 0 Å². The number of hydrogen-bond donors (Lipinski definition) is 1. The molecular weight excluding hydrogens is 229 g/mol. The fourth-order valence-electron chi connectivity index (χ4n) is 1.69. The predicted molar refractivity (Wildman–Crippen MR) is 49.4 cm³/mol. The van der Waals surface area contributed by atoms with Gasteiger partial charge in [0, 0.05) is 12.6 Å². The summed E-state index contributed by atoms with van der Waals surface area (Å²) in [5, 5.41) is 3.10. The summed E-state index contributed by atoms with van der Waals surface area (Å²) in [7, 11) is -4.04. The van der Waals surface area contributed by atoms with Crippen LogP contribution in [0.2, 0.25) is 0 Å². The Labute approximate surface area is 128 Å². The van der Waals surface area contributed by atoms with Gasteiger partial charge >= 0.3 is 51.4 Å². The molecule has 1 N–H and O–H groups in total. The minimum atomic E-state index is -4.04. The second-order valence-corrected chi connectivity index (χ2v) is 5.07. The monoisotopic (exact) mass is 245 g/mol. The molecule has 78 valence electrons. The van der Waals surface area contributed by atoms with Gasteiger partial charge in [-0.05, 0) is 12.8 Å². The van der Waals surface area contributed by atoms with Gasteiger partial charge in [0.15, 0.2) is 0 Å². The van der Waals surface area contributed by atoms with Crippen molar-refractivity contribution < 1.29 is 64.4 Å². The van der Waals surface area contributed by atoms with Gasteiger partial charge in [0.2, 0.25) is 0 Å². The van der Waals surface area contributed by atoms with Crippen LogP contribution < -0.4 is 56.7 Å². The molecule has 0 aromatic heterocycles. The molecule has 0 amide bonds. The van der Waals surface area contributed by atoms with Crippen LogP contribution in [0.4, 0.5) is 0 Å². The molecule has 0 heterocycles. The fourth-order valence-corrected chi connectivity index (χ4v) is 2.06. The number of rotatable bonds is 4. The van der Waals surface area contributed by atoms with Crippen LogP contribution in [-0.4, -0.2) is 31.3 Å². The third-order valence-electron chi connectivity index (χ3n) is 2.39. The van der Waals surface area contributed by atoms with Crippen molar-refractivity contribution in [2.45, 2.75) is 38.1 Å². The molecule has 0 radical (unpaired) electrons. The molecule has 1 rings (SSSR count). The van der Waals surface area contributed by atoms with Gasteiger partial charge in [0.05, 0.1) is 15.9 Å². The molecular formula is C8H16KNO3S. The van der Waals surface area contributed by atoms with Gasteiger partial charge in [-0.25, -0.2) is 8.42 Å². The van der Waals surface area contributed by atoms with E-state index in [1.165, 1.54) is 19.3 Å². The van der Waals surface area contributed by atoms with E-state index in [0.29, 0.717) is 12.6 Å². The Morgan fingerprint density at radius 1 is 1.21 bits per heavy atom. The molecule has 1 saturated carbocycles. The molecule has 1 aliphatic rings. The van der Waals surface area contributed by atoms with Gasteiger partial charge in [0.25, 0.3) is 0 Å². The first-order chi connectivity index (χ1) is 6.08. The van der Waals surface area contributed by atoms with Crippen LogP contribution in [0.3, 0.4) is 0 Å². The van der Waals surface area contributed by atoms with Gasteiger partial charge in [-0.3, -0.25) is 0 Å². The largest absolute Gasteiger partial charge is 1.00 e. The Morgan fingerprint density at radius 2 is 1.79 bits per heavy atom. The van der Waals surface area contributed by atoms with E-state index in [-0.39, 0.29) is 57.1 Å². The SMILES string of the molecule is O=S(=O)([O-])CCNC1CCCCC1.[K+]. The Bertz CT molecular complexity index is 237. The first-order valence-corrected chi connectivity index (χ1v) is 6.32. The van der Waals surface area contributed by atoms with Crippen LogP contribution in [0, 0.1) is 0 Å². The van der Waals surface area contributed by atoms with Crippen molar-refractivity contribution >= 4 is 10.1 Å². The van der Waals surface area contributed by atoms with Crippen molar-refractivity contribution in [2.75, 3.05) is 12.3 Å². The summed E-state index contributed by atoms with van der Waals surface area (Å²) in [5.74, 6) is -0.288. The van der Waals surface area contributed by atoms with Gasteiger partial charge < -0.3 is 9.87 Å². The molecule has 1 aliphatic carbocycles. The Hall–Kier alpha value is 1.51. The second-order valence-electron chi connectivity index (χ2n) is 3.55. The van der Waals surface area contributed by atoms with Crippen LogP contribution in [0.5, 0.6) is 0 Å². The zero-order chi connectivity index (χ0) is 9.73. The molecule has 14 heavy (non-hydrogen) atoms. The van der Waals surface area contributed by atoms with Crippen LogP contribution in [-0.2, 0) is 10.1 Å². The van der Waals surface area contributed by atoms with Crippen LogP contribution >= 0.6 is 0 Å². The van der Waals surface area contributed by atoms with E-state index in [2.05, 4.69) is 5.32 Å². The first-order valence-electron chi connectivity index (χ1n) is 4.75. The van der Waals surface area contributed by atoms with Crippen LogP contribution in [0.25, 0.3) is 0 Å². The summed E-state index contributed by atoms with van der Waals surface area (Å²) in [6, 6.07) is 0.426. The van der Waals surface area contributed by atoms with E-state index in [1.807, 2.05) is 0 Å². The van der Waals surface area contributed by atoms with Crippen molar-refractivity contribution in [2.24, 2.45) is 0 Å². The molecule has 0 bridgehead atoms. The predicted octanol–water partition coefficient (Wildman–Crippen LogP) is -2.54. The van der Waals surface area contributed by atoms with Gasteiger partial charge in [-0.15, -0.1) is 0 Å². The number of nitrogens with one attached hydrogen (secondary N) is 1. The third kappa shape index (κ3) is 7.75. The van der Waals surface area contributed by atoms with E-state index in [0.717, 1.165) is 12.8 Å². The summed E-state index contributed by atoms with van der Waals surface area (Å²) in [6.07, 6.45) is 5.92. The maximum Gasteiger partial charge on any atom is 1.00 e. The second kappa shape index (κ2) is 7.73. The number of hydrogen-bond acceptors (Lipinski definition) is 4. The van der Waals surface area contributed by atoms with E-state index in [4.69, 9.17) is 0 Å². The van der Waals surface area contributed by atoms with Crippen molar-refractivity contribution in [1.29, 1.82) is 0 Å². The standard InChI is InChI=1S/C8H17NO3S.K/c10-13(11,12)7-6-9-8-4-2-1-3-5-8;/h8-9H,1-7H2,(H,10,11,12);/q;+1/p-1. The van der Waals surface area contributed by atoms with Crippen molar-refractivity contribution in [3.8, 4) is 0 Å². The molecule has 0 aliphatic heterocycles. The fraction of sp³-hybridized carbons (Fsp3) is 1.00. The summed E-state index contributed by atoms with van der Waals surface area (Å²) in [6.45, 7) is 0.302. The maximum atomic E-state index is 10.3. The van der Waals surface area contributed by atoms with Crippen LogP contribution in [0.1, 0.15) is 32.1 Å². The molecule has 4 nitrogen and oxygen atoms in total. The molecule has 0 aromatic rings. The topological polar surface area (TPSA) is 69.2 Å². The summed E-state index contributed by atoms with van der Waals surface area (Å²) in [5.41, 5.74) is 0. The zero-order valence-electron chi connectivity index (χ0n) is 8.66. The molecule has 6 heteroatoms. The average molecular weight is 245 g/mol. The third-order valence-corrected chi connectivity index (χ3v) is 3.09. The molecule has 0 saturated heterocycles. The van der Waals surface area contributed by atoms with Crippen molar-refractivity contribution in [1.82, 2.24) is 5.32 Å². The molecule has 0 aromatic carbocycles. The van der Waals surface area contributed by atoms with Gasteiger partial charge in [0.1, 0.15) is 0 Å². The first kappa shape index (κ1) is 15.5. The molecule has 0 spiro atoms. The minimum Gasteiger partial charge on any atom is -0.748 e. The quantitative estimate of drug-likeness (QED) is 0.438. The van der Waals surface area contributed by atoms with Crippen LogP contribution in [0.15, 0.2) is 0 Å². The zero-order valence-corrected chi connectivity index (χ0v) is 12.6. The summed E-state index contributed by atoms with van der Waals surface area (Å²) in [4.78, 5) is 0.